The SMILES string of the molecule is CC1(C)OCC(C)(C)[C@H](C(=O)NCCC(=O)OCC2c3ccccc3-c3ccccc32)O1. The van der Waals surface area contributed by atoms with Gasteiger partial charge in [0.1, 0.15) is 12.7 Å². The van der Waals surface area contributed by atoms with Crippen molar-refractivity contribution < 1.29 is 23.8 Å². The summed E-state index contributed by atoms with van der Waals surface area (Å²) in [7, 11) is 0. The molecule has 1 heterocycles. The molecule has 0 radical (unpaired) electrons. The second kappa shape index (κ2) is 8.68. The van der Waals surface area contributed by atoms with E-state index in [2.05, 4.69) is 29.6 Å². The van der Waals surface area contributed by atoms with E-state index in [4.69, 9.17) is 14.2 Å². The Labute approximate surface area is 189 Å². The Bertz CT molecular complexity index is 967. The number of fused-ring (bicyclic) bond motifs is 3. The van der Waals surface area contributed by atoms with Crippen LogP contribution in [0.25, 0.3) is 11.1 Å². The molecular formula is C26H31NO5. The van der Waals surface area contributed by atoms with E-state index in [1.165, 1.54) is 22.3 Å². The number of rotatable bonds is 6. The fourth-order valence-electron chi connectivity index (χ4n) is 4.39. The first kappa shape index (κ1) is 22.5. The maximum atomic E-state index is 12.7. The summed E-state index contributed by atoms with van der Waals surface area (Å²) in [6.45, 7) is 8.34. The molecule has 2 aliphatic rings. The first-order valence-corrected chi connectivity index (χ1v) is 11.1. The van der Waals surface area contributed by atoms with Crippen LogP contribution < -0.4 is 5.32 Å². The van der Waals surface area contributed by atoms with E-state index in [1.807, 2.05) is 38.1 Å². The maximum Gasteiger partial charge on any atom is 0.307 e. The fraction of sp³-hybridized carbons (Fsp3) is 0.462. The van der Waals surface area contributed by atoms with Crippen LogP contribution >= 0.6 is 0 Å². The minimum Gasteiger partial charge on any atom is -0.465 e. The summed E-state index contributed by atoms with van der Waals surface area (Å²) >= 11 is 0. The molecule has 0 aromatic heterocycles. The summed E-state index contributed by atoms with van der Waals surface area (Å²) in [5, 5.41) is 2.82. The van der Waals surface area contributed by atoms with E-state index in [0.29, 0.717) is 6.61 Å². The highest BCUT2D eigenvalue weighted by molar-refractivity contribution is 5.82. The summed E-state index contributed by atoms with van der Waals surface area (Å²) in [5.41, 5.74) is 4.29. The van der Waals surface area contributed by atoms with Crippen LogP contribution in [0.15, 0.2) is 48.5 Å². The molecule has 1 atom stereocenters. The Morgan fingerprint density at radius 1 is 1.00 bits per heavy atom. The third-order valence-electron chi connectivity index (χ3n) is 6.14. The lowest BCUT2D eigenvalue weighted by molar-refractivity contribution is -0.304. The lowest BCUT2D eigenvalue weighted by Crippen LogP contribution is -2.56. The number of carbonyl (C=O) groups is 2. The van der Waals surface area contributed by atoms with Crippen molar-refractivity contribution in [2.24, 2.45) is 5.41 Å². The van der Waals surface area contributed by atoms with Gasteiger partial charge in [-0.25, -0.2) is 0 Å². The van der Waals surface area contributed by atoms with Gasteiger partial charge < -0.3 is 19.5 Å². The van der Waals surface area contributed by atoms with Gasteiger partial charge in [-0.3, -0.25) is 9.59 Å². The second-order valence-corrected chi connectivity index (χ2v) is 9.63. The van der Waals surface area contributed by atoms with Crippen molar-refractivity contribution in [2.75, 3.05) is 19.8 Å². The molecule has 4 rings (SSSR count). The summed E-state index contributed by atoms with van der Waals surface area (Å²) in [4.78, 5) is 25.1. The molecule has 1 saturated heterocycles. The van der Waals surface area contributed by atoms with E-state index in [-0.39, 0.29) is 37.4 Å². The topological polar surface area (TPSA) is 73.9 Å². The quantitative estimate of drug-likeness (QED) is 0.691. The highest BCUT2D eigenvalue weighted by atomic mass is 16.7. The average Bonchev–Trinajstić information content (AvgIpc) is 3.08. The molecule has 170 valence electrons. The van der Waals surface area contributed by atoms with Crippen molar-refractivity contribution in [3.05, 3.63) is 59.7 Å². The zero-order valence-electron chi connectivity index (χ0n) is 19.1. The molecule has 0 bridgehead atoms. The molecular weight excluding hydrogens is 406 g/mol. The Kier molecular flexibility index (Phi) is 6.10. The molecule has 6 heteroatoms. The molecule has 1 aliphatic carbocycles. The zero-order valence-corrected chi connectivity index (χ0v) is 19.1. The standard InChI is InChI=1S/C26H31NO5/c1-25(2)16-31-26(3,4)32-23(25)24(29)27-14-13-22(28)30-15-21-19-11-7-5-9-17(19)18-10-6-8-12-20(18)21/h5-12,21,23H,13-16H2,1-4H3,(H,27,29)/t23-/m0/s1. The molecule has 2 aromatic carbocycles. The van der Waals surface area contributed by atoms with Crippen LogP contribution in [0.4, 0.5) is 0 Å². The predicted octanol–water partition coefficient (Wildman–Crippen LogP) is 4.03. The summed E-state index contributed by atoms with van der Waals surface area (Å²) < 4.78 is 17.1. The highest BCUT2D eigenvalue weighted by Gasteiger charge is 2.45. The Morgan fingerprint density at radius 3 is 2.22 bits per heavy atom. The van der Waals surface area contributed by atoms with Crippen LogP contribution in [0, 0.1) is 5.41 Å². The van der Waals surface area contributed by atoms with Crippen LogP contribution in [0.3, 0.4) is 0 Å². The number of hydrogen-bond acceptors (Lipinski definition) is 5. The number of esters is 1. The largest absolute Gasteiger partial charge is 0.465 e. The van der Waals surface area contributed by atoms with E-state index >= 15 is 0 Å². The predicted molar refractivity (Wildman–Crippen MR) is 121 cm³/mol. The minimum atomic E-state index is -0.815. The Balaban J connectivity index is 1.30. The number of amides is 1. The molecule has 1 amide bonds. The van der Waals surface area contributed by atoms with Gasteiger partial charge in [0.05, 0.1) is 13.0 Å². The normalized spacial score (nSPS) is 20.8. The molecule has 2 aromatic rings. The van der Waals surface area contributed by atoms with Crippen LogP contribution in [0.1, 0.15) is 51.2 Å². The maximum absolute atomic E-state index is 12.7. The van der Waals surface area contributed by atoms with Gasteiger partial charge in [0.25, 0.3) is 0 Å². The number of nitrogens with one attached hydrogen (secondary N) is 1. The molecule has 1 aliphatic heterocycles. The van der Waals surface area contributed by atoms with Crippen LogP contribution in [-0.2, 0) is 23.8 Å². The van der Waals surface area contributed by atoms with Crippen molar-refractivity contribution in [2.45, 2.75) is 51.9 Å². The van der Waals surface area contributed by atoms with Crippen molar-refractivity contribution >= 4 is 11.9 Å². The van der Waals surface area contributed by atoms with Crippen molar-refractivity contribution in [1.82, 2.24) is 5.32 Å². The summed E-state index contributed by atoms with van der Waals surface area (Å²) in [6.07, 6.45) is -0.539. The van der Waals surface area contributed by atoms with Crippen LogP contribution in [0.2, 0.25) is 0 Å². The van der Waals surface area contributed by atoms with Gasteiger partial charge >= 0.3 is 5.97 Å². The lowest BCUT2D eigenvalue weighted by Gasteiger charge is -2.44. The number of ether oxygens (including phenoxy) is 3. The molecule has 1 fully saturated rings. The monoisotopic (exact) mass is 437 g/mol. The van der Waals surface area contributed by atoms with E-state index in [1.54, 1.807) is 13.8 Å². The van der Waals surface area contributed by atoms with Gasteiger partial charge in [-0.15, -0.1) is 0 Å². The van der Waals surface area contributed by atoms with Crippen LogP contribution in [-0.4, -0.2) is 43.5 Å². The van der Waals surface area contributed by atoms with Gasteiger partial charge in [-0.2, -0.15) is 0 Å². The first-order chi connectivity index (χ1) is 15.2. The van der Waals surface area contributed by atoms with Gasteiger partial charge in [0.15, 0.2) is 5.79 Å². The summed E-state index contributed by atoms with van der Waals surface area (Å²) in [6, 6.07) is 16.5. The fourth-order valence-corrected chi connectivity index (χ4v) is 4.39. The van der Waals surface area contributed by atoms with Crippen LogP contribution in [0.5, 0.6) is 0 Å². The van der Waals surface area contributed by atoms with E-state index in [0.717, 1.165) is 0 Å². The van der Waals surface area contributed by atoms with E-state index in [9.17, 15) is 9.59 Å². The Hall–Kier alpha value is -2.70. The smallest absolute Gasteiger partial charge is 0.307 e. The molecule has 1 N–H and O–H groups in total. The third-order valence-corrected chi connectivity index (χ3v) is 6.14. The highest BCUT2D eigenvalue weighted by Crippen LogP contribution is 2.44. The third kappa shape index (κ3) is 4.57. The van der Waals surface area contributed by atoms with Gasteiger partial charge in [-0.05, 0) is 36.1 Å². The number of benzene rings is 2. The average molecular weight is 438 g/mol. The minimum absolute atomic E-state index is 0.0274. The summed E-state index contributed by atoms with van der Waals surface area (Å²) in [5.74, 6) is -1.36. The van der Waals surface area contributed by atoms with Crippen molar-refractivity contribution in [1.29, 1.82) is 0 Å². The van der Waals surface area contributed by atoms with Crippen molar-refractivity contribution in [3.8, 4) is 11.1 Å². The van der Waals surface area contributed by atoms with Gasteiger partial charge in [0, 0.05) is 17.9 Å². The van der Waals surface area contributed by atoms with Gasteiger partial charge in [0.2, 0.25) is 5.91 Å². The second-order valence-electron chi connectivity index (χ2n) is 9.63. The van der Waals surface area contributed by atoms with Crippen molar-refractivity contribution in [3.63, 3.8) is 0 Å². The first-order valence-electron chi connectivity index (χ1n) is 11.1. The zero-order chi connectivity index (χ0) is 22.9. The molecule has 0 spiro atoms. The Morgan fingerprint density at radius 2 is 1.59 bits per heavy atom. The molecule has 0 unspecified atom stereocenters. The molecule has 6 nitrogen and oxygen atoms in total. The lowest BCUT2D eigenvalue weighted by atomic mass is 9.85. The molecule has 32 heavy (non-hydrogen) atoms. The molecule has 0 saturated carbocycles. The number of hydrogen-bond donors (Lipinski definition) is 1. The van der Waals surface area contributed by atoms with E-state index < -0.39 is 17.3 Å². The van der Waals surface area contributed by atoms with Gasteiger partial charge in [-0.1, -0.05) is 62.4 Å². The number of carbonyl (C=O) groups excluding carboxylic acids is 2.